The predicted molar refractivity (Wildman–Crippen MR) is 140 cm³/mol. The average molecular weight is 539 g/mol. The van der Waals surface area contributed by atoms with E-state index in [4.69, 9.17) is 0 Å². The molecule has 2 saturated heterocycles. The van der Waals surface area contributed by atoms with Crippen molar-refractivity contribution in [1.29, 1.82) is 0 Å². The van der Waals surface area contributed by atoms with Crippen molar-refractivity contribution >= 4 is 29.4 Å². The second-order valence-corrected chi connectivity index (χ2v) is 10.9. The van der Waals surface area contributed by atoms with Gasteiger partial charge in [-0.2, -0.15) is 0 Å². The molecule has 2 atom stereocenters. The number of anilines is 1. The van der Waals surface area contributed by atoms with Crippen LogP contribution in [-0.2, 0) is 27.2 Å². The highest BCUT2D eigenvalue weighted by atomic mass is 19.1. The summed E-state index contributed by atoms with van der Waals surface area (Å²) in [5.41, 5.74) is 0.987. The molecule has 39 heavy (non-hydrogen) atoms. The molecule has 2 N–H and O–H groups in total. The highest BCUT2D eigenvalue weighted by Crippen LogP contribution is 2.45. The van der Waals surface area contributed by atoms with Gasteiger partial charge in [-0.25, -0.2) is 13.6 Å². The summed E-state index contributed by atoms with van der Waals surface area (Å²) in [5.74, 6) is -2.44. The number of rotatable bonds is 6. The first-order chi connectivity index (χ1) is 18.5. The van der Waals surface area contributed by atoms with E-state index in [1.165, 1.54) is 21.9 Å². The van der Waals surface area contributed by atoms with E-state index in [-0.39, 0.29) is 18.4 Å². The Kier molecular flexibility index (Phi) is 6.68. The van der Waals surface area contributed by atoms with Gasteiger partial charge in [0.05, 0.1) is 6.04 Å². The molecule has 3 aliphatic rings. The third kappa shape index (κ3) is 4.45. The van der Waals surface area contributed by atoms with Crippen LogP contribution in [0, 0.1) is 17.0 Å². The van der Waals surface area contributed by atoms with E-state index in [1.807, 2.05) is 19.9 Å². The number of fused-ring (bicyclic) bond motifs is 1. The van der Waals surface area contributed by atoms with Crippen LogP contribution in [0.2, 0.25) is 0 Å². The van der Waals surface area contributed by atoms with Crippen LogP contribution < -0.4 is 10.6 Å². The molecule has 2 aromatic rings. The molecule has 0 radical (unpaired) electrons. The Bertz CT molecular complexity index is 1350. The molecule has 2 fully saturated rings. The third-order valence-electron chi connectivity index (χ3n) is 8.97. The maximum Gasteiger partial charge on any atom is 0.324 e. The van der Waals surface area contributed by atoms with Crippen molar-refractivity contribution in [1.82, 2.24) is 15.1 Å². The lowest BCUT2D eigenvalue weighted by molar-refractivity contribution is -0.153. The fourth-order valence-corrected chi connectivity index (χ4v) is 6.45. The molecule has 0 bridgehead atoms. The molecule has 206 valence electrons. The van der Waals surface area contributed by atoms with Gasteiger partial charge in [-0.15, -0.1) is 0 Å². The summed E-state index contributed by atoms with van der Waals surface area (Å²) in [6, 6.07) is 7.49. The first kappa shape index (κ1) is 26.8. The predicted octanol–water partition coefficient (Wildman–Crippen LogP) is 4.09. The summed E-state index contributed by atoms with van der Waals surface area (Å²) in [5, 5.41) is 5.21. The number of nitrogens with one attached hydrogen (secondary N) is 2. The van der Waals surface area contributed by atoms with E-state index in [1.54, 1.807) is 19.2 Å². The Morgan fingerprint density at radius 3 is 2.31 bits per heavy atom. The molecule has 0 saturated carbocycles. The van der Waals surface area contributed by atoms with Gasteiger partial charge in [-0.1, -0.05) is 19.9 Å². The monoisotopic (exact) mass is 538 g/mol. The van der Waals surface area contributed by atoms with E-state index >= 15 is 0 Å². The fraction of sp³-hybridized carbons (Fsp3) is 0.448. The first-order valence-electron chi connectivity index (χ1n) is 13.3. The number of hydrogen-bond donors (Lipinski definition) is 2. The Morgan fingerprint density at radius 1 is 1.03 bits per heavy atom. The zero-order chi connectivity index (χ0) is 28.1. The Labute approximate surface area is 225 Å². The number of halogens is 2. The summed E-state index contributed by atoms with van der Waals surface area (Å²) < 4.78 is 28.1. The van der Waals surface area contributed by atoms with Crippen molar-refractivity contribution in [2.24, 2.45) is 5.41 Å². The van der Waals surface area contributed by atoms with Gasteiger partial charge in [0.15, 0.2) is 0 Å². The zero-order valence-electron chi connectivity index (χ0n) is 22.3. The second kappa shape index (κ2) is 9.73. The molecule has 2 aromatic carbocycles. The highest BCUT2D eigenvalue weighted by molar-refractivity contribution is 6.07. The van der Waals surface area contributed by atoms with Gasteiger partial charge >= 0.3 is 6.03 Å². The highest BCUT2D eigenvalue weighted by Gasteiger charge is 2.54. The van der Waals surface area contributed by atoms with E-state index in [0.717, 1.165) is 17.2 Å². The van der Waals surface area contributed by atoms with Crippen LogP contribution in [0.1, 0.15) is 62.3 Å². The van der Waals surface area contributed by atoms with Crippen molar-refractivity contribution in [2.75, 3.05) is 18.9 Å². The molecule has 1 spiro atoms. The van der Waals surface area contributed by atoms with Gasteiger partial charge in [0.1, 0.15) is 23.7 Å². The van der Waals surface area contributed by atoms with Crippen LogP contribution in [0.3, 0.4) is 0 Å². The number of nitrogens with zero attached hydrogens (tertiary/aromatic N) is 2. The average Bonchev–Trinajstić information content (AvgIpc) is 3.37. The minimum atomic E-state index is -0.973. The van der Waals surface area contributed by atoms with Crippen LogP contribution in [0.25, 0.3) is 0 Å². The molecule has 2 heterocycles. The lowest BCUT2D eigenvalue weighted by Gasteiger charge is -2.45. The summed E-state index contributed by atoms with van der Waals surface area (Å²) in [6.45, 7) is 3.60. The molecular weight excluding hydrogens is 506 g/mol. The number of piperidine rings is 1. The van der Waals surface area contributed by atoms with Crippen LogP contribution in [0.4, 0.5) is 19.3 Å². The quantitative estimate of drug-likeness (QED) is 0.542. The Balaban J connectivity index is 1.37. The fourth-order valence-electron chi connectivity index (χ4n) is 6.45. The molecule has 2 aliphatic heterocycles. The second-order valence-electron chi connectivity index (χ2n) is 10.9. The van der Waals surface area contributed by atoms with Gasteiger partial charge in [0.25, 0.3) is 5.91 Å². The molecular formula is C29H32F2N4O4. The number of hydrogen-bond acceptors (Lipinski definition) is 4. The lowest BCUT2D eigenvalue weighted by Crippen LogP contribution is -2.52. The van der Waals surface area contributed by atoms with Crippen LogP contribution in [-0.4, -0.2) is 52.7 Å². The minimum absolute atomic E-state index is 0.195. The topological polar surface area (TPSA) is 98.8 Å². The van der Waals surface area contributed by atoms with Gasteiger partial charge in [0.2, 0.25) is 11.8 Å². The standard InChI is InChI=1S/C29H32F2N4O4/c1-4-28(5-2)9-8-23(18-10-20(30)13-21(31)11-18)35(26(28)38)16-24(36)32-22-7-6-17-14-29(15-19(17)12-22)25(37)33-27(39)34(29)3/h6-7,10-13,23H,4-5,8-9,14-16H2,1-3H3,(H,32,36)(H,33,37,39)/t23-,29+/m0/s1. The van der Waals surface area contributed by atoms with E-state index < -0.39 is 40.6 Å². The first-order valence-corrected chi connectivity index (χ1v) is 13.3. The number of likely N-dealkylation sites (tertiary alicyclic amines) is 1. The van der Waals surface area contributed by atoms with Crippen LogP contribution >= 0.6 is 0 Å². The molecule has 0 unspecified atom stereocenters. The van der Waals surface area contributed by atoms with Gasteiger partial charge in [-0.3, -0.25) is 19.7 Å². The maximum atomic E-state index is 14.1. The Hall–Kier alpha value is -3.82. The zero-order valence-corrected chi connectivity index (χ0v) is 22.3. The van der Waals surface area contributed by atoms with Gasteiger partial charge in [0, 0.05) is 37.1 Å². The van der Waals surface area contributed by atoms with Crippen molar-refractivity contribution in [2.45, 2.75) is 64.0 Å². The van der Waals surface area contributed by atoms with Crippen molar-refractivity contribution in [3.8, 4) is 0 Å². The minimum Gasteiger partial charge on any atom is -0.326 e. The summed E-state index contributed by atoms with van der Waals surface area (Å²) >= 11 is 0. The number of benzene rings is 2. The molecule has 10 heteroatoms. The maximum absolute atomic E-state index is 14.1. The van der Waals surface area contributed by atoms with Gasteiger partial charge in [-0.05, 0) is 66.6 Å². The van der Waals surface area contributed by atoms with Gasteiger partial charge < -0.3 is 15.1 Å². The molecule has 5 amide bonds. The molecule has 1 aliphatic carbocycles. The molecule has 5 rings (SSSR count). The van der Waals surface area contributed by atoms with E-state index in [9.17, 15) is 28.0 Å². The largest absolute Gasteiger partial charge is 0.326 e. The molecule has 0 aromatic heterocycles. The normalized spacial score (nSPS) is 23.8. The summed E-state index contributed by atoms with van der Waals surface area (Å²) in [4.78, 5) is 54.5. The molecule has 8 nitrogen and oxygen atoms in total. The Morgan fingerprint density at radius 2 is 1.69 bits per heavy atom. The lowest BCUT2D eigenvalue weighted by atomic mass is 9.72. The summed E-state index contributed by atoms with van der Waals surface area (Å²) in [6.07, 6.45) is 2.96. The van der Waals surface area contributed by atoms with Crippen LogP contribution in [0.15, 0.2) is 36.4 Å². The van der Waals surface area contributed by atoms with E-state index in [2.05, 4.69) is 10.6 Å². The van der Waals surface area contributed by atoms with Crippen molar-refractivity contribution in [3.05, 3.63) is 64.7 Å². The summed E-state index contributed by atoms with van der Waals surface area (Å²) in [7, 11) is 1.60. The number of carbonyl (C=O) groups excluding carboxylic acids is 4. The number of amides is 5. The van der Waals surface area contributed by atoms with Crippen molar-refractivity contribution < 1.29 is 28.0 Å². The number of carbonyl (C=O) groups is 4. The number of likely N-dealkylation sites (N-methyl/N-ethyl adjacent to an activating group) is 1. The van der Waals surface area contributed by atoms with Crippen molar-refractivity contribution in [3.63, 3.8) is 0 Å². The smallest absolute Gasteiger partial charge is 0.324 e. The number of urea groups is 1. The third-order valence-corrected chi connectivity index (χ3v) is 8.97. The van der Waals surface area contributed by atoms with E-state index in [0.29, 0.717) is 49.8 Å². The van der Waals surface area contributed by atoms with Crippen LogP contribution in [0.5, 0.6) is 0 Å². The number of imide groups is 1. The SMILES string of the molecule is CCC1(CC)CC[C@@H](c2cc(F)cc(F)c2)N(CC(=O)Nc2ccc3c(c2)C[C@]2(C3)C(=O)NC(=O)N2C)C1=O.